The molecule has 2 N–H and O–H groups in total. The van der Waals surface area contributed by atoms with E-state index in [0.29, 0.717) is 18.5 Å². The molecule has 0 aromatic heterocycles. The van der Waals surface area contributed by atoms with Gasteiger partial charge in [-0.2, -0.15) is 0 Å². The van der Waals surface area contributed by atoms with Crippen LogP contribution in [-0.4, -0.2) is 38.1 Å². The molecule has 1 aromatic carbocycles. The molecule has 8 heteroatoms. The highest BCUT2D eigenvalue weighted by Crippen LogP contribution is 2.28. The monoisotopic (exact) mass is 356 g/mol. The molecule has 132 valence electrons. The molecule has 1 heterocycles. The van der Waals surface area contributed by atoms with Crippen LogP contribution >= 0.6 is 0 Å². The number of hydrogen-bond donors (Lipinski definition) is 2. The number of ether oxygens (including phenoxy) is 1. The van der Waals surface area contributed by atoms with Crippen molar-refractivity contribution in [2.75, 3.05) is 17.6 Å². The first-order valence-corrected chi connectivity index (χ1v) is 9.88. The maximum atomic E-state index is 14.0. The van der Waals surface area contributed by atoms with Crippen molar-refractivity contribution in [2.24, 2.45) is 0 Å². The number of anilines is 1. The molecule has 1 saturated heterocycles. The molecule has 24 heavy (non-hydrogen) atoms. The minimum atomic E-state index is -3.10. The molecule has 2 aliphatic rings. The standard InChI is InChI=1S/C16H21FN2O4S/c17-14-9-11(6-7-15(14)23-12-3-1-4-12)19-16(20)18-10-13-5-2-8-24(13,21)22/h6-7,9,12-13H,1-5,8,10H2,(H2,18,19,20). The summed E-state index contributed by atoms with van der Waals surface area (Å²) in [5.74, 6) is -0.171. The molecule has 6 nitrogen and oxygen atoms in total. The summed E-state index contributed by atoms with van der Waals surface area (Å²) in [6, 6.07) is 3.69. The SMILES string of the molecule is O=C(NCC1CCCS1(=O)=O)Nc1ccc(OC2CCC2)c(F)c1. The highest BCUT2D eigenvalue weighted by molar-refractivity contribution is 7.92. The molecule has 3 rings (SSSR count). The molecular formula is C16H21FN2O4S. The number of urea groups is 1. The number of nitrogens with one attached hydrogen (secondary N) is 2. The van der Waals surface area contributed by atoms with Crippen LogP contribution in [0.5, 0.6) is 5.75 Å². The van der Waals surface area contributed by atoms with Crippen molar-refractivity contribution in [3.05, 3.63) is 24.0 Å². The van der Waals surface area contributed by atoms with Crippen LogP contribution in [0.4, 0.5) is 14.9 Å². The minimum Gasteiger partial charge on any atom is -0.487 e. The maximum Gasteiger partial charge on any atom is 0.319 e. The van der Waals surface area contributed by atoms with Gasteiger partial charge in [-0.25, -0.2) is 17.6 Å². The van der Waals surface area contributed by atoms with E-state index >= 15 is 0 Å². The highest BCUT2D eigenvalue weighted by atomic mass is 32.2. The molecule has 1 atom stereocenters. The quantitative estimate of drug-likeness (QED) is 0.849. The Balaban J connectivity index is 1.51. The van der Waals surface area contributed by atoms with E-state index in [4.69, 9.17) is 4.74 Å². The first-order chi connectivity index (χ1) is 11.4. The fourth-order valence-corrected chi connectivity index (χ4v) is 4.58. The predicted octanol–water partition coefficient (Wildman–Crippen LogP) is 2.46. The molecule has 1 aliphatic carbocycles. The third-order valence-corrected chi connectivity index (χ3v) is 6.76. The summed E-state index contributed by atoms with van der Waals surface area (Å²) in [5.41, 5.74) is 0.292. The molecule has 0 radical (unpaired) electrons. The lowest BCUT2D eigenvalue weighted by atomic mass is 9.96. The number of rotatable bonds is 5. The van der Waals surface area contributed by atoms with Gasteiger partial charge >= 0.3 is 6.03 Å². The predicted molar refractivity (Wildman–Crippen MR) is 88.5 cm³/mol. The summed E-state index contributed by atoms with van der Waals surface area (Å²) in [5, 5.41) is 4.50. The fourth-order valence-electron chi connectivity index (χ4n) is 2.81. The number of sulfone groups is 1. The lowest BCUT2D eigenvalue weighted by Gasteiger charge is -2.26. The first-order valence-electron chi connectivity index (χ1n) is 8.17. The number of carbonyl (C=O) groups is 1. The lowest BCUT2D eigenvalue weighted by Crippen LogP contribution is -2.37. The van der Waals surface area contributed by atoms with E-state index < -0.39 is 26.9 Å². The zero-order valence-corrected chi connectivity index (χ0v) is 14.1. The smallest absolute Gasteiger partial charge is 0.319 e. The van der Waals surface area contributed by atoms with Gasteiger partial charge in [-0.1, -0.05) is 0 Å². The molecule has 2 amide bonds. The van der Waals surface area contributed by atoms with Gasteiger partial charge in [0.1, 0.15) is 0 Å². The van der Waals surface area contributed by atoms with Crippen molar-refractivity contribution < 1.29 is 22.3 Å². The third kappa shape index (κ3) is 3.98. The topological polar surface area (TPSA) is 84.5 Å². The van der Waals surface area contributed by atoms with E-state index in [9.17, 15) is 17.6 Å². The van der Waals surface area contributed by atoms with Crippen molar-refractivity contribution in [1.29, 1.82) is 0 Å². The normalized spacial score (nSPS) is 22.6. The van der Waals surface area contributed by atoms with Crippen LogP contribution in [0.15, 0.2) is 18.2 Å². The Kier molecular flexibility index (Phi) is 4.93. The van der Waals surface area contributed by atoms with Gasteiger partial charge < -0.3 is 15.4 Å². The molecule has 1 aliphatic heterocycles. The molecular weight excluding hydrogens is 335 g/mol. The number of amides is 2. The second-order valence-electron chi connectivity index (χ2n) is 6.28. The number of halogens is 1. The Morgan fingerprint density at radius 3 is 2.62 bits per heavy atom. The van der Waals surface area contributed by atoms with E-state index in [2.05, 4.69) is 10.6 Å². The summed E-state index contributed by atoms with van der Waals surface area (Å²) in [7, 11) is -3.10. The van der Waals surface area contributed by atoms with Gasteiger partial charge in [-0.15, -0.1) is 0 Å². The van der Waals surface area contributed by atoms with Crippen LogP contribution in [0.25, 0.3) is 0 Å². The summed E-state index contributed by atoms with van der Waals surface area (Å²) in [4.78, 5) is 11.8. The zero-order valence-electron chi connectivity index (χ0n) is 13.3. The van der Waals surface area contributed by atoms with Gasteiger partial charge in [0, 0.05) is 18.3 Å². The summed E-state index contributed by atoms with van der Waals surface area (Å²) in [6.07, 6.45) is 4.24. The minimum absolute atomic E-state index is 0.0690. The molecule has 1 unspecified atom stereocenters. The van der Waals surface area contributed by atoms with Gasteiger partial charge in [-0.05, 0) is 44.2 Å². The summed E-state index contributed by atoms with van der Waals surface area (Å²) in [6.45, 7) is 0.0690. The van der Waals surface area contributed by atoms with E-state index in [1.807, 2.05) is 0 Å². The van der Waals surface area contributed by atoms with Crippen LogP contribution < -0.4 is 15.4 Å². The van der Waals surface area contributed by atoms with Crippen molar-refractivity contribution >= 4 is 21.6 Å². The molecule has 0 bridgehead atoms. The number of benzene rings is 1. The largest absolute Gasteiger partial charge is 0.487 e. The van der Waals surface area contributed by atoms with Gasteiger partial charge in [0.15, 0.2) is 21.4 Å². The fraction of sp³-hybridized carbons (Fsp3) is 0.562. The lowest BCUT2D eigenvalue weighted by molar-refractivity contribution is 0.115. The number of carbonyl (C=O) groups excluding carboxylic acids is 1. The average molecular weight is 356 g/mol. The van der Waals surface area contributed by atoms with Crippen LogP contribution in [0.3, 0.4) is 0 Å². The van der Waals surface area contributed by atoms with Gasteiger partial charge in [-0.3, -0.25) is 0 Å². The Bertz CT molecular complexity index is 719. The second kappa shape index (κ2) is 6.96. The number of hydrogen-bond acceptors (Lipinski definition) is 4. The average Bonchev–Trinajstić information content (AvgIpc) is 2.81. The molecule has 2 fully saturated rings. The van der Waals surface area contributed by atoms with E-state index in [0.717, 1.165) is 19.3 Å². The third-order valence-electron chi connectivity index (χ3n) is 4.49. The summed E-state index contributed by atoms with van der Waals surface area (Å²) < 4.78 is 42.9. The van der Waals surface area contributed by atoms with E-state index in [1.54, 1.807) is 6.07 Å². The van der Waals surface area contributed by atoms with E-state index in [1.165, 1.54) is 12.1 Å². The van der Waals surface area contributed by atoms with Crippen molar-refractivity contribution in [2.45, 2.75) is 43.5 Å². The molecule has 1 saturated carbocycles. The second-order valence-corrected chi connectivity index (χ2v) is 8.68. The Hall–Kier alpha value is -1.83. The van der Waals surface area contributed by atoms with Crippen LogP contribution in [0.1, 0.15) is 32.1 Å². The van der Waals surface area contributed by atoms with Crippen molar-refractivity contribution in [3.63, 3.8) is 0 Å². The zero-order chi connectivity index (χ0) is 17.2. The van der Waals surface area contributed by atoms with Crippen molar-refractivity contribution in [3.8, 4) is 5.75 Å². The first kappa shape index (κ1) is 17.0. The van der Waals surface area contributed by atoms with Crippen LogP contribution in [-0.2, 0) is 9.84 Å². The molecule has 0 spiro atoms. The summed E-state index contributed by atoms with van der Waals surface area (Å²) >= 11 is 0. The Morgan fingerprint density at radius 2 is 2.04 bits per heavy atom. The van der Waals surface area contributed by atoms with Crippen LogP contribution in [0, 0.1) is 5.82 Å². The maximum absolute atomic E-state index is 14.0. The van der Waals surface area contributed by atoms with Crippen LogP contribution in [0.2, 0.25) is 0 Å². The van der Waals surface area contributed by atoms with Gasteiger partial charge in [0.25, 0.3) is 0 Å². The van der Waals surface area contributed by atoms with Crippen molar-refractivity contribution in [1.82, 2.24) is 5.32 Å². The Labute approximate surface area is 140 Å². The Morgan fingerprint density at radius 1 is 1.25 bits per heavy atom. The van der Waals surface area contributed by atoms with E-state index in [-0.39, 0.29) is 24.2 Å². The highest BCUT2D eigenvalue weighted by Gasteiger charge is 2.31. The van der Waals surface area contributed by atoms with Gasteiger partial charge in [0.05, 0.1) is 17.1 Å². The molecule has 1 aromatic rings. The van der Waals surface area contributed by atoms with Gasteiger partial charge in [0.2, 0.25) is 0 Å².